The minimum atomic E-state index is -0.111. The van der Waals surface area contributed by atoms with Gasteiger partial charge in [-0.05, 0) is 54.0 Å². The van der Waals surface area contributed by atoms with E-state index in [-0.39, 0.29) is 5.78 Å². The predicted octanol–water partition coefficient (Wildman–Crippen LogP) is 3.92. The molecule has 0 amide bonds. The molecular weight excluding hydrogens is 414 g/mol. The summed E-state index contributed by atoms with van der Waals surface area (Å²) in [6, 6.07) is 13.8. The van der Waals surface area contributed by atoms with Gasteiger partial charge in [-0.2, -0.15) is 15.3 Å². The number of carbonyl (C=O) groups is 1. The van der Waals surface area contributed by atoms with Gasteiger partial charge in [0.05, 0.1) is 40.9 Å². The Morgan fingerprint density at radius 1 is 1.06 bits per heavy atom. The number of allylic oxidation sites excluding steroid dienone is 1. The van der Waals surface area contributed by atoms with Gasteiger partial charge in [-0.1, -0.05) is 18.2 Å². The van der Waals surface area contributed by atoms with Crippen molar-refractivity contribution in [3.8, 4) is 16.8 Å². The third-order valence-corrected chi connectivity index (χ3v) is 5.94. The number of aromatic amines is 1. The number of ketones is 1. The second-order valence-electron chi connectivity index (χ2n) is 8.10. The van der Waals surface area contributed by atoms with E-state index in [2.05, 4.69) is 31.3 Å². The van der Waals surface area contributed by atoms with Crippen molar-refractivity contribution >= 4 is 28.7 Å². The van der Waals surface area contributed by atoms with Gasteiger partial charge in [-0.25, -0.2) is 9.67 Å². The van der Waals surface area contributed by atoms with E-state index in [1.54, 1.807) is 17.1 Å². The molecule has 0 bridgehead atoms. The highest BCUT2D eigenvalue weighted by molar-refractivity contribution is 6.15. The molecule has 0 aliphatic heterocycles. The molecule has 3 heterocycles. The summed E-state index contributed by atoms with van der Waals surface area (Å²) in [5.74, 6) is 1.04. The number of hydrogen-bond acceptors (Lipinski definition) is 6. The number of rotatable bonds is 4. The van der Waals surface area contributed by atoms with E-state index in [1.165, 1.54) is 6.20 Å². The fraction of sp³-hybridized carbons (Fsp3) is 0.0800. The molecular formula is C25H19N7O. The molecule has 6 rings (SSSR count). The Labute approximate surface area is 188 Å². The molecule has 0 spiro atoms. The fourth-order valence-electron chi connectivity index (χ4n) is 4.30. The molecule has 33 heavy (non-hydrogen) atoms. The van der Waals surface area contributed by atoms with Gasteiger partial charge < -0.3 is 10.7 Å². The number of fused-ring (bicyclic) bond motifs is 2. The molecule has 0 atom stereocenters. The summed E-state index contributed by atoms with van der Waals surface area (Å²) < 4.78 is 1.58. The first-order valence-corrected chi connectivity index (χ1v) is 10.5. The van der Waals surface area contributed by atoms with Crippen LogP contribution in [0, 0.1) is 6.92 Å². The second kappa shape index (κ2) is 7.23. The van der Waals surface area contributed by atoms with Crippen molar-refractivity contribution in [2.75, 3.05) is 5.73 Å². The lowest BCUT2D eigenvalue weighted by molar-refractivity contribution is 0.103. The minimum absolute atomic E-state index is 0.111. The standard InChI is InChI=1S/C25H19N7O/c1-14-30-22-5-4-20(11-23(22)31-14)32-25(26)21(13-29-32)24(33)19-9-16-3-2-15(8-18(16)10-19)17-6-7-27-28-12-17/h2-9,11-13H,10,26H2,1H3,(H,30,31). The van der Waals surface area contributed by atoms with Crippen LogP contribution in [-0.2, 0) is 6.42 Å². The third-order valence-electron chi connectivity index (χ3n) is 5.94. The lowest BCUT2D eigenvalue weighted by Crippen LogP contribution is -2.08. The van der Waals surface area contributed by atoms with Gasteiger partial charge in [0.1, 0.15) is 11.6 Å². The smallest absolute Gasteiger partial charge is 0.194 e. The quantitative estimate of drug-likeness (QED) is 0.415. The molecule has 0 radical (unpaired) electrons. The molecule has 0 unspecified atom stereocenters. The fourth-order valence-corrected chi connectivity index (χ4v) is 4.30. The van der Waals surface area contributed by atoms with Crippen LogP contribution < -0.4 is 5.73 Å². The minimum Gasteiger partial charge on any atom is -0.383 e. The summed E-state index contributed by atoms with van der Waals surface area (Å²) in [6.45, 7) is 1.91. The number of nitrogens with two attached hydrogens (primary N) is 1. The Morgan fingerprint density at radius 3 is 2.82 bits per heavy atom. The van der Waals surface area contributed by atoms with Crippen LogP contribution in [-0.4, -0.2) is 35.7 Å². The van der Waals surface area contributed by atoms with Crippen LogP contribution in [0.5, 0.6) is 0 Å². The molecule has 160 valence electrons. The number of aryl methyl sites for hydroxylation is 1. The summed E-state index contributed by atoms with van der Waals surface area (Å²) in [7, 11) is 0. The van der Waals surface area contributed by atoms with Gasteiger partial charge in [0, 0.05) is 17.6 Å². The number of nitrogens with zero attached hydrogens (tertiary/aromatic N) is 5. The number of nitrogens with one attached hydrogen (secondary N) is 1. The number of imidazole rings is 1. The Kier molecular flexibility index (Phi) is 4.19. The molecule has 1 aliphatic rings. The van der Waals surface area contributed by atoms with Crippen molar-refractivity contribution in [1.29, 1.82) is 0 Å². The van der Waals surface area contributed by atoms with Crippen molar-refractivity contribution in [3.05, 3.63) is 89.1 Å². The van der Waals surface area contributed by atoms with E-state index >= 15 is 0 Å². The van der Waals surface area contributed by atoms with Crippen LogP contribution in [0.15, 0.2) is 66.6 Å². The number of H-pyrrole nitrogens is 1. The van der Waals surface area contributed by atoms with Gasteiger partial charge in [0.25, 0.3) is 0 Å². The first-order chi connectivity index (χ1) is 16.1. The lowest BCUT2D eigenvalue weighted by Gasteiger charge is -2.06. The van der Waals surface area contributed by atoms with E-state index in [4.69, 9.17) is 5.73 Å². The topological polar surface area (TPSA) is 115 Å². The summed E-state index contributed by atoms with van der Waals surface area (Å²) in [6.07, 6.45) is 7.42. The molecule has 3 N–H and O–H groups in total. The average molecular weight is 433 g/mol. The van der Waals surface area contributed by atoms with Crippen LogP contribution >= 0.6 is 0 Å². The first-order valence-electron chi connectivity index (χ1n) is 10.5. The highest BCUT2D eigenvalue weighted by atomic mass is 16.1. The van der Waals surface area contributed by atoms with E-state index in [0.717, 1.165) is 44.8 Å². The Morgan fingerprint density at radius 2 is 1.97 bits per heavy atom. The maximum atomic E-state index is 13.3. The third kappa shape index (κ3) is 3.20. The number of Topliss-reactive ketones (excluding diaryl/α,β-unsaturated/α-hetero) is 1. The van der Waals surface area contributed by atoms with Crippen molar-refractivity contribution in [3.63, 3.8) is 0 Å². The van der Waals surface area contributed by atoms with Gasteiger partial charge in [-0.3, -0.25) is 4.79 Å². The van der Waals surface area contributed by atoms with Crippen molar-refractivity contribution < 1.29 is 4.79 Å². The normalized spacial score (nSPS) is 12.7. The molecule has 5 aromatic rings. The Balaban J connectivity index is 1.29. The average Bonchev–Trinajstić information content (AvgIpc) is 3.53. The van der Waals surface area contributed by atoms with Gasteiger partial charge in [0.2, 0.25) is 0 Å². The Bertz CT molecular complexity index is 1580. The zero-order chi connectivity index (χ0) is 22.5. The largest absolute Gasteiger partial charge is 0.383 e. The van der Waals surface area contributed by atoms with E-state index < -0.39 is 0 Å². The zero-order valence-electron chi connectivity index (χ0n) is 17.8. The first kappa shape index (κ1) is 19.1. The molecule has 0 saturated carbocycles. The van der Waals surface area contributed by atoms with Crippen molar-refractivity contribution in [1.82, 2.24) is 29.9 Å². The van der Waals surface area contributed by atoms with Crippen LogP contribution in [0.25, 0.3) is 33.9 Å². The van der Waals surface area contributed by atoms with Crippen LogP contribution in [0.3, 0.4) is 0 Å². The monoisotopic (exact) mass is 433 g/mol. The van der Waals surface area contributed by atoms with Gasteiger partial charge in [-0.15, -0.1) is 0 Å². The summed E-state index contributed by atoms with van der Waals surface area (Å²) in [5.41, 5.74) is 14.2. The Hall–Kier alpha value is -4.59. The van der Waals surface area contributed by atoms with E-state index in [9.17, 15) is 4.79 Å². The lowest BCUT2D eigenvalue weighted by atomic mass is 10.0. The highest BCUT2D eigenvalue weighted by Gasteiger charge is 2.24. The van der Waals surface area contributed by atoms with Crippen molar-refractivity contribution in [2.45, 2.75) is 13.3 Å². The number of anilines is 1. The van der Waals surface area contributed by atoms with Crippen molar-refractivity contribution in [2.24, 2.45) is 0 Å². The molecule has 0 fully saturated rings. The number of aromatic nitrogens is 6. The molecule has 8 heteroatoms. The number of hydrogen-bond donors (Lipinski definition) is 2. The summed E-state index contributed by atoms with van der Waals surface area (Å²) in [4.78, 5) is 20.9. The highest BCUT2D eigenvalue weighted by Crippen LogP contribution is 2.32. The number of nitrogen functional groups attached to an aromatic ring is 1. The maximum Gasteiger partial charge on any atom is 0.194 e. The number of benzene rings is 2. The molecule has 1 aliphatic carbocycles. The van der Waals surface area contributed by atoms with Gasteiger partial charge >= 0.3 is 0 Å². The van der Waals surface area contributed by atoms with Gasteiger partial charge in [0.15, 0.2) is 5.78 Å². The molecule has 8 nitrogen and oxygen atoms in total. The maximum absolute atomic E-state index is 13.3. The van der Waals surface area contributed by atoms with Crippen LogP contribution in [0.1, 0.15) is 27.3 Å². The number of carbonyl (C=O) groups excluding carboxylic acids is 1. The zero-order valence-corrected chi connectivity index (χ0v) is 17.8. The van der Waals surface area contributed by atoms with E-state index in [0.29, 0.717) is 23.4 Å². The molecule has 3 aromatic heterocycles. The summed E-state index contributed by atoms with van der Waals surface area (Å²) in [5, 5.41) is 12.2. The van der Waals surface area contributed by atoms with Crippen LogP contribution in [0.2, 0.25) is 0 Å². The molecule has 2 aromatic carbocycles. The van der Waals surface area contributed by atoms with E-state index in [1.807, 2.05) is 49.4 Å². The second-order valence-corrected chi connectivity index (χ2v) is 8.10. The van der Waals surface area contributed by atoms with Crippen LogP contribution in [0.4, 0.5) is 5.82 Å². The SMILES string of the molecule is Cc1nc2ccc(-n3ncc(C(=O)C4=Cc5ccc(-c6ccnnc6)cc5C4)c3N)cc2[nH]1. The predicted molar refractivity (Wildman–Crippen MR) is 126 cm³/mol. The summed E-state index contributed by atoms with van der Waals surface area (Å²) >= 11 is 0. The molecule has 0 saturated heterocycles.